The quantitative estimate of drug-likeness (QED) is 0.515. The molecule has 0 radical (unpaired) electrons. The molecule has 8 heteroatoms. The number of rotatable bonds is 6. The molecule has 2 aromatic heterocycles. The second-order valence-corrected chi connectivity index (χ2v) is 8.66. The summed E-state index contributed by atoms with van der Waals surface area (Å²) in [5.74, 6) is 1.61. The van der Waals surface area contributed by atoms with Crippen LogP contribution in [0.15, 0.2) is 54.1 Å². The van der Waals surface area contributed by atoms with Gasteiger partial charge in [0.05, 0.1) is 15.7 Å². The van der Waals surface area contributed by atoms with Crippen LogP contribution in [-0.2, 0) is 11.4 Å². The number of aryl methyl sites for hydroxylation is 1. The molecule has 0 saturated carbocycles. The lowest BCUT2D eigenvalue weighted by Gasteiger charge is -2.34. The van der Waals surface area contributed by atoms with Crippen molar-refractivity contribution >= 4 is 40.7 Å². The van der Waals surface area contributed by atoms with Gasteiger partial charge in [-0.1, -0.05) is 29.8 Å². The lowest BCUT2D eigenvalue weighted by atomic mass is 10.2. The van der Waals surface area contributed by atoms with Crippen molar-refractivity contribution in [2.75, 3.05) is 31.1 Å². The molecule has 1 aromatic carbocycles. The van der Waals surface area contributed by atoms with Gasteiger partial charge in [-0.15, -0.1) is 11.3 Å². The summed E-state index contributed by atoms with van der Waals surface area (Å²) in [6, 6.07) is 11.4. The highest BCUT2D eigenvalue weighted by atomic mass is 35.5. The molecular weight excluding hydrogens is 432 g/mol. The molecular formula is C23H23ClN4O2S. The van der Waals surface area contributed by atoms with Gasteiger partial charge in [0.2, 0.25) is 5.91 Å². The van der Waals surface area contributed by atoms with Gasteiger partial charge in [0.25, 0.3) is 0 Å². The minimum atomic E-state index is -0.00588. The van der Waals surface area contributed by atoms with Gasteiger partial charge in [-0.2, -0.15) is 0 Å². The van der Waals surface area contributed by atoms with E-state index in [4.69, 9.17) is 16.3 Å². The molecule has 4 rings (SSSR count). The number of hydrogen-bond acceptors (Lipinski definition) is 6. The van der Waals surface area contributed by atoms with Crippen molar-refractivity contribution in [3.63, 3.8) is 0 Å². The lowest BCUT2D eigenvalue weighted by Crippen LogP contribution is -2.48. The van der Waals surface area contributed by atoms with Crippen molar-refractivity contribution < 1.29 is 9.53 Å². The average Bonchev–Trinajstić information content (AvgIpc) is 3.22. The van der Waals surface area contributed by atoms with Crippen LogP contribution in [0.1, 0.15) is 16.3 Å². The molecule has 0 spiro atoms. The molecule has 0 atom stereocenters. The van der Waals surface area contributed by atoms with E-state index >= 15 is 0 Å². The first-order valence-electron chi connectivity index (χ1n) is 10.0. The number of benzene rings is 1. The molecule has 0 N–H and O–H groups in total. The first kappa shape index (κ1) is 21.3. The van der Waals surface area contributed by atoms with E-state index in [9.17, 15) is 4.79 Å². The Morgan fingerprint density at radius 1 is 1.19 bits per heavy atom. The van der Waals surface area contributed by atoms with Crippen LogP contribution in [0, 0.1) is 6.92 Å². The Labute approximate surface area is 190 Å². The van der Waals surface area contributed by atoms with Gasteiger partial charge in [-0.25, -0.2) is 9.97 Å². The van der Waals surface area contributed by atoms with E-state index < -0.39 is 0 Å². The van der Waals surface area contributed by atoms with Crippen LogP contribution >= 0.6 is 22.9 Å². The molecule has 1 aliphatic heterocycles. The fourth-order valence-electron chi connectivity index (χ4n) is 3.35. The SMILES string of the molecule is Cc1nc(COc2ccccc2/C=C/C(=O)N2CCN(c3ccc(Cl)cn3)CC2)cs1. The summed E-state index contributed by atoms with van der Waals surface area (Å²) in [5, 5.41) is 3.63. The number of pyridine rings is 1. The summed E-state index contributed by atoms with van der Waals surface area (Å²) in [4.78, 5) is 25.5. The van der Waals surface area contributed by atoms with Gasteiger partial charge in [0.1, 0.15) is 18.2 Å². The van der Waals surface area contributed by atoms with E-state index in [1.807, 2.05) is 59.7 Å². The number of para-hydroxylation sites is 1. The third kappa shape index (κ3) is 5.62. The Morgan fingerprint density at radius 2 is 2.00 bits per heavy atom. The highest BCUT2D eigenvalue weighted by Crippen LogP contribution is 2.22. The molecule has 1 fully saturated rings. The monoisotopic (exact) mass is 454 g/mol. The maximum Gasteiger partial charge on any atom is 0.246 e. The van der Waals surface area contributed by atoms with Gasteiger partial charge >= 0.3 is 0 Å². The Balaban J connectivity index is 1.33. The van der Waals surface area contributed by atoms with Crippen molar-refractivity contribution in [1.29, 1.82) is 0 Å². The van der Waals surface area contributed by atoms with Gasteiger partial charge in [0, 0.05) is 49.4 Å². The van der Waals surface area contributed by atoms with Crippen molar-refractivity contribution in [3.8, 4) is 5.75 Å². The predicted octanol–water partition coefficient (Wildman–Crippen LogP) is 4.44. The fourth-order valence-corrected chi connectivity index (χ4v) is 4.06. The summed E-state index contributed by atoms with van der Waals surface area (Å²) in [6.07, 6.45) is 5.08. The number of nitrogens with zero attached hydrogens (tertiary/aromatic N) is 4. The zero-order chi connectivity index (χ0) is 21.6. The zero-order valence-electron chi connectivity index (χ0n) is 17.2. The molecule has 6 nitrogen and oxygen atoms in total. The van der Waals surface area contributed by atoms with Crippen LogP contribution in [0.5, 0.6) is 5.75 Å². The first-order valence-corrected chi connectivity index (χ1v) is 11.3. The Kier molecular flexibility index (Phi) is 6.84. The van der Waals surface area contributed by atoms with Crippen molar-refractivity contribution in [2.45, 2.75) is 13.5 Å². The second-order valence-electron chi connectivity index (χ2n) is 7.16. The molecule has 3 heterocycles. The van der Waals surface area contributed by atoms with Gasteiger partial charge < -0.3 is 14.5 Å². The molecule has 0 aliphatic carbocycles. The molecule has 1 saturated heterocycles. The molecule has 3 aromatic rings. The van der Waals surface area contributed by atoms with E-state index in [-0.39, 0.29) is 5.91 Å². The van der Waals surface area contributed by atoms with E-state index in [1.54, 1.807) is 23.6 Å². The highest BCUT2D eigenvalue weighted by molar-refractivity contribution is 7.09. The van der Waals surface area contributed by atoms with Gasteiger partial charge in [-0.3, -0.25) is 4.79 Å². The first-order chi connectivity index (χ1) is 15.1. The van der Waals surface area contributed by atoms with Crippen LogP contribution < -0.4 is 9.64 Å². The minimum absolute atomic E-state index is 0.00588. The number of hydrogen-bond donors (Lipinski definition) is 0. The largest absolute Gasteiger partial charge is 0.487 e. The summed E-state index contributed by atoms with van der Waals surface area (Å²) < 4.78 is 5.93. The summed E-state index contributed by atoms with van der Waals surface area (Å²) in [7, 11) is 0. The average molecular weight is 455 g/mol. The lowest BCUT2D eigenvalue weighted by molar-refractivity contribution is -0.126. The third-order valence-corrected chi connectivity index (χ3v) is 6.04. The molecule has 0 unspecified atom stereocenters. The maximum atomic E-state index is 12.7. The zero-order valence-corrected chi connectivity index (χ0v) is 18.8. The van der Waals surface area contributed by atoms with Crippen molar-refractivity contribution in [1.82, 2.24) is 14.9 Å². The van der Waals surface area contributed by atoms with Crippen molar-refractivity contribution in [2.24, 2.45) is 0 Å². The highest BCUT2D eigenvalue weighted by Gasteiger charge is 2.20. The number of ether oxygens (including phenoxy) is 1. The number of piperazine rings is 1. The number of aromatic nitrogens is 2. The third-order valence-electron chi connectivity index (χ3n) is 4.99. The van der Waals surface area contributed by atoms with Gasteiger partial charge in [0.15, 0.2) is 0 Å². The topological polar surface area (TPSA) is 58.6 Å². The summed E-state index contributed by atoms with van der Waals surface area (Å²) in [5.41, 5.74) is 1.78. The number of carbonyl (C=O) groups is 1. The Morgan fingerprint density at radius 3 is 2.71 bits per heavy atom. The normalized spacial score (nSPS) is 14.3. The van der Waals surface area contributed by atoms with Gasteiger partial charge in [-0.05, 0) is 31.2 Å². The van der Waals surface area contributed by atoms with E-state index in [0.717, 1.165) is 40.9 Å². The van der Waals surface area contributed by atoms with E-state index in [0.29, 0.717) is 24.7 Å². The number of carbonyl (C=O) groups excluding carboxylic acids is 1. The van der Waals surface area contributed by atoms with Crippen LogP contribution in [0.25, 0.3) is 6.08 Å². The smallest absolute Gasteiger partial charge is 0.246 e. The Hall–Kier alpha value is -2.90. The molecule has 1 aliphatic rings. The van der Waals surface area contributed by atoms with E-state index in [2.05, 4.69) is 14.9 Å². The predicted molar refractivity (Wildman–Crippen MR) is 125 cm³/mol. The number of thiazole rings is 1. The van der Waals surface area contributed by atoms with Crippen LogP contribution in [0.3, 0.4) is 0 Å². The molecule has 0 bridgehead atoms. The van der Waals surface area contributed by atoms with Crippen molar-refractivity contribution in [3.05, 3.63) is 75.3 Å². The number of halogens is 1. The molecule has 160 valence electrons. The standard InChI is InChI=1S/C23H23ClN4O2S/c1-17-26-20(16-31-17)15-30-21-5-3-2-4-18(21)6-9-23(29)28-12-10-27(11-13-28)22-8-7-19(24)14-25-22/h2-9,14,16H,10-13,15H2,1H3/b9-6+. The molecule has 1 amide bonds. The fraction of sp³-hybridized carbons (Fsp3) is 0.261. The van der Waals surface area contributed by atoms with E-state index in [1.165, 1.54) is 0 Å². The summed E-state index contributed by atoms with van der Waals surface area (Å²) >= 11 is 7.51. The minimum Gasteiger partial charge on any atom is -0.487 e. The van der Waals surface area contributed by atoms with Crippen LogP contribution in [0.2, 0.25) is 5.02 Å². The Bertz CT molecular complexity index is 1060. The van der Waals surface area contributed by atoms with Crippen LogP contribution in [0.4, 0.5) is 5.82 Å². The second kappa shape index (κ2) is 9.94. The summed E-state index contributed by atoms with van der Waals surface area (Å²) in [6.45, 7) is 5.15. The molecule has 31 heavy (non-hydrogen) atoms. The maximum absolute atomic E-state index is 12.7. The number of amides is 1. The van der Waals surface area contributed by atoms with Crippen LogP contribution in [-0.4, -0.2) is 47.0 Å². The number of anilines is 1.